The second-order valence-electron chi connectivity index (χ2n) is 6.94. The van der Waals surface area contributed by atoms with Crippen molar-refractivity contribution in [1.82, 2.24) is 5.32 Å². The molecule has 2 unspecified atom stereocenters. The molecule has 0 saturated carbocycles. The second kappa shape index (κ2) is 8.26. The highest BCUT2D eigenvalue weighted by atomic mass is 32.2. The molecule has 4 N–H and O–H groups in total. The van der Waals surface area contributed by atoms with E-state index in [-0.39, 0.29) is 5.75 Å². The summed E-state index contributed by atoms with van der Waals surface area (Å²) in [5.74, 6) is 0.246. The van der Waals surface area contributed by atoms with Crippen LogP contribution in [0.5, 0.6) is 5.75 Å². The highest BCUT2D eigenvalue weighted by Gasteiger charge is 2.50. The van der Waals surface area contributed by atoms with Crippen molar-refractivity contribution in [2.45, 2.75) is 47.7 Å². The quantitative estimate of drug-likeness (QED) is 0.382. The van der Waals surface area contributed by atoms with Crippen LogP contribution in [0.15, 0.2) is 63.7 Å². The van der Waals surface area contributed by atoms with Crippen molar-refractivity contribution < 1.29 is 23.2 Å². The van der Waals surface area contributed by atoms with E-state index in [1.54, 1.807) is 23.9 Å². The first-order valence-corrected chi connectivity index (χ1v) is 11.2. The van der Waals surface area contributed by atoms with Crippen molar-refractivity contribution in [1.29, 1.82) is 0 Å². The Morgan fingerprint density at radius 1 is 1.18 bits per heavy atom. The highest BCUT2D eigenvalue weighted by molar-refractivity contribution is 7.99. The van der Waals surface area contributed by atoms with E-state index < -0.39 is 21.9 Å². The Hall–Kier alpha value is -1.84. The number of hydrogen-bond acceptors (Lipinski definition) is 6. The molecule has 2 atom stereocenters. The maximum atomic E-state index is 10.9. The van der Waals surface area contributed by atoms with E-state index in [9.17, 15) is 18.6 Å². The molecular formula is C20H23NO5S2. The number of nitrogens with one attached hydrogen (secondary N) is 1. The van der Waals surface area contributed by atoms with Crippen LogP contribution in [0.2, 0.25) is 0 Å². The molecule has 1 heterocycles. The predicted molar refractivity (Wildman–Crippen MR) is 109 cm³/mol. The van der Waals surface area contributed by atoms with Gasteiger partial charge in [-0.1, -0.05) is 17.8 Å². The summed E-state index contributed by atoms with van der Waals surface area (Å²) in [4.78, 5) is 2.16. The molecule has 0 aromatic heterocycles. The summed E-state index contributed by atoms with van der Waals surface area (Å²) in [6.07, 6.45) is 2.63. The molecule has 1 aliphatic heterocycles. The number of phenols is 1. The van der Waals surface area contributed by atoms with Gasteiger partial charge in [-0.3, -0.25) is 9.87 Å². The summed E-state index contributed by atoms with van der Waals surface area (Å²) in [5, 5.41) is 22.7. The number of hydrogen-bond donors (Lipinski definition) is 4. The number of benzene rings is 2. The molecule has 1 saturated heterocycles. The minimum atomic E-state index is -4.21. The number of aliphatic hydroxyl groups is 1. The largest absolute Gasteiger partial charge is 0.508 e. The average molecular weight is 422 g/mol. The first-order chi connectivity index (χ1) is 13.2. The van der Waals surface area contributed by atoms with Gasteiger partial charge >= 0.3 is 0 Å². The monoisotopic (exact) mass is 421 g/mol. The van der Waals surface area contributed by atoms with Crippen LogP contribution in [0, 0.1) is 6.92 Å². The van der Waals surface area contributed by atoms with E-state index in [0.29, 0.717) is 6.42 Å². The molecule has 6 nitrogen and oxygen atoms in total. The van der Waals surface area contributed by atoms with Gasteiger partial charge in [0.1, 0.15) is 12.0 Å². The lowest BCUT2D eigenvalue weighted by molar-refractivity contribution is 0.250. The molecule has 0 bridgehead atoms. The Morgan fingerprint density at radius 2 is 1.82 bits per heavy atom. The van der Waals surface area contributed by atoms with E-state index in [1.165, 1.54) is 11.6 Å². The lowest BCUT2D eigenvalue weighted by Crippen LogP contribution is -2.15. The molecule has 1 fully saturated rings. The van der Waals surface area contributed by atoms with Crippen molar-refractivity contribution >= 4 is 21.9 Å². The van der Waals surface area contributed by atoms with Gasteiger partial charge in [-0.15, -0.1) is 0 Å². The van der Waals surface area contributed by atoms with Crippen molar-refractivity contribution in [2.24, 2.45) is 0 Å². The lowest BCUT2D eigenvalue weighted by Gasteiger charge is -2.11. The lowest BCUT2D eigenvalue weighted by atomic mass is 9.97. The van der Waals surface area contributed by atoms with Crippen molar-refractivity contribution in [2.75, 3.05) is 0 Å². The number of rotatable bonds is 8. The van der Waals surface area contributed by atoms with E-state index in [4.69, 9.17) is 4.55 Å². The van der Waals surface area contributed by atoms with Crippen LogP contribution >= 0.6 is 11.8 Å². The van der Waals surface area contributed by atoms with Gasteiger partial charge in [-0.25, -0.2) is 0 Å². The first kappa shape index (κ1) is 20.9. The van der Waals surface area contributed by atoms with Gasteiger partial charge in [0.25, 0.3) is 10.1 Å². The molecule has 8 heteroatoms. The fourth-order valence-corrected chi connectivity index (χ4v) is 4.42. The molecule has 2 aromatic rings. The van der Waals surface area contributed by atoms with Gasteiger partial charge in [-0.2, -0.15) is 8.42 Å². The molecule has 2 aromatic carbocycles. The van der Waals surface area contributed by atoms with Crippen LogP contribution < -0.4 is 5.32 Å². The summed E-state index contributed by atoms with van der Waals surface area (Å²) in [5.41, 5.74) is 1.58. The van der Waals surface area contributed by atoms with E-state index in [2.05, 4.69) is 30.4 Å². The Balaban J connectivity index is 1.58. The van der Waals surface area contributed by atoms with E-state index in [1.807, 2.05) is 12.1 Å². The number of aromatic hydroxyl groups is 1. The Bertz CT molecular complexity index is 973. The second-order valence-corrected chi connectivity index (χ2v) is 9.39. The first-order valence-electron chi connectivity index (χ1n) is 8.86. The Kier molecular flexibility index (Phi) is 6.16. The van der Waals surface area contributed by atoms with Gasteiger partial charge in [0.15, 0.2) is 0 Å². The summed E-state index contributed by atoms with van der Waals surface area (Å²) >= 11 is 1.62. The van der Waals surface area contributed by atoms with Crippen LogP contribution in [0.3, 0.4) is 0 Å². The fraction of sp³-hybridized carbons (Fsp3) is 0.300. The van der Waals surface area contributed by atoms with Crippen LogP contribution in [0.4, 0.5) is 0 Å². The van der Waals surface area contributed by atoms with Crippen molar-refractivity contribution in [3.8, 4) is 5.75 Å². The maximum Gasteiger partial charge on any atom is 0.287 e. The predicted octanol–water partition coefficient (Wildman–Crippen LogP) is 3.24. The van der Waals surface area contributed by atoms with Gasteiger partial charge in [0.05, 0.1) is 10.9 Å². The third-order valence-electron chi connectivity index (χ3n) is 4.77. The zero-order valence-corrected chi connectivity index (χ0v) is 17.0. The summed E-state index contributed by atoms with van der Waals surface area (Å²) in [6, 6.07) is 13.3. The summed E-state index contributed by atoms with van der Waals surface area (Å²) in [6.45, 7) is 2.05. The Morgan fingerprint density at radius 3 is 2.39 bits per heavy atom. The molecule has 0 aliphatic carbocycles. The van der Waals surface area contributed by atoms with Crippen molar-refractivity contribution in [3.05, 3.63) is 65.1 Å². The van der Waals surface area contributed by atoms with E-state index in [0.717, 1.165) is 33.6 Å². The zero-order chi connectivity index (χ0) is 20.4. The third-order valence-corrected chi connectivity index (χ3v) is 6.25. The molecular weight excluding hydrogens is 398 g/mol. The third kappa shape index (κ3) is 5.59. The van der Waals surface area contributed by atoms with Crippen LogP contribution in [0.25, 0.3) is 0 Å². The van der Waals surface area contributed by atoms with Crippen molar-refractivity contribution in [3.63, 3.8) is 0 Å². The molecule has 1 aliphatic rings. The minimum Gasteiger partial charge on any atom is -0.508 e. The fourth-order valence-electron chi connectivity index (χ4n) is 3.09. The smallest absolute Gasteiger partial charge is 0.287 e. The van der Waals surface area contributed by atoms with Gasteiger partial charge < -0.3 is 10.2 Å². The number of aryl methyl sites for hydroxylation is 2. The minimum absolute atomic E-state index is 0.246. The number of aliphatic hydroxyl groups excluding tert-OH is 1. The SMILES string of the molecule is Cc1cc(Sc2ccc(O)cc2)ccc1CCCC1(/C=C/S(=O)(=O)O)NC1O. The van der Waals surface area contributed by atoms with Crippen LogP contribution in [-0.4, -0.2) is 35.0 Å². The molecule has 0 amide bonds. The molecule has 0 radical (unpaired) electrons. The summed E-state index contributed by atoms with van der Waals surface area (Å²) < 4.78 is 30.6. The van der Waals surface area contributed by atoms with Crippen LogP contribution in [0.1, 0.15) is 24.0 Å². The zero-order valence-electron chi connectivity index (χ0n) is 15.4. The normalized spacial score (nSPS) is 21.9. The van der Waals surface area contributed by atoms with Gasteiger partial charge in [0, 0.05) is 9.79 Å². The summed E-state index contributed by atoms with van der Waals surface area (Å²) in [7, 11) is -4.21. The average Bonchev–Trinajstić information content (AvgIpc) is 3.26. The topological polar surface area (TPSA) is 117 Å². The van der Waals surface area contributed by atoms with E-state index >= 15 is 0 Å². The standard InChI is InChI=1S/C20H23NO5S2/c1-14-13-18(27-17-8-5-16(22)6-9-17)7-4-15(14)3-2-10-20(19(23)21-20)11-12-28(24,25)26/h4-9,11-13,19,21-23H,2-3,10H2,1H3,(H,24,25,26)/b12-11+. The molecule has 3 rings (SSSR count). The van der Waals surface area contributed by atoms with Gasteiger partial charge in [0.2, 0.25) is 0 Å². The molecule has 150 valence electrons. The highest BCUT2D eigenvalue weighted by Crippen LogP contribution is 2.33. The number of phenolic OH excluding ortho intramolecular Hbond substituents is 1. The molecule has 0 spiro atoms. The Labute approximate surface area is 169 Å². The van der Waals surface area contributed by atoms with Crippen LogP contribution in [-0.2, 0) is 16.5 Å². The maximum absolute atomic E-state index is 10.9. The molecule has 28 heavy (non-hydrogen) atoms. The van der Waals surface area contributed by atoms with Gasteiger partial charge in [-0.05, 0) is 79.8 Å².